The van der Waals surface area contributed by atoms with Gasteiger partial charge in [-0.05, 0) is 36.1 Å². The van der Waals surface area contributed by atoms with E-state index in [1.165, 1.54) is 0 Å². The number of hydrogen-bond acceptors (Lipinski definition) is 10. The first-order valence-electron chi connectivity index (χ1n) is 17.1. The van der Waals surface area contributed by atoms with Crippen LogP contribution in [-0.2, 0) is 4.79 Å². The van der Waals surface area contributed by atoms with Gasteiger partial charge in [0.25, 0.3) is 5.91 Å². The van der Waals surface area contributed by atoms with Gasteiger partial charge in [-0.1, -0.05) is 67.6 Å². The van der Waals surface area contributed by atoms with Crippen LogP contribution in [0.5, 0.6) is 0 Å². The van der Waals surface area contributed by atoms with Gasteiger partial charge in [0.05, 0.1) is 18.4 Å². The predicted octanol–water partition coefficient (Wildman–Crippen LogP) is 3.04. The molecule has 3 aromatic heterocycles. The molecule has 5 aromatic rings. The van der Waals surface area contributed by atoms with Gasteiger partial charge in [0, 0.05) is 56.0 Å². The van der Waals surface area contributed by atoms with Gasteiger partial charge in [-0.25, -0.2) is 4.98 Å². The van der Waals surface area contributed by atoms with Crippen LogP contribution in [0, 0.1) is 0 Å². The number of benzene rings is 2. The summed E-state index contributed by atoms with van der Waals surface area (Å²) in [5.74, 6) is 0.653. The Morgan fingerprint density at radius 2 is 1.62 bits per heavy atom. The highest BCUT2D eigenvalue weighted by Gasteiger charge is 2.44. The van der Waals surface area contributed by atoms with E-state index in [1.54, 1.807) is 42.3 Å². The lowest BCUT2D eigenvalue weighted by Crippen LogP contribution is -2.42. The van der Waals surface area contributed by atoms with Crippen molar-refractivity contribution >= 4 is 34.7 Å². The molecule has 50 heavy (non-hydrogen) atoms. The molecular formula is C37H41N9O4. The fourth-order valence-corrected chi connectivity index (χ4v) is 6.98. The fourth-order valence-electron chi connectivity index (χ4n) is 6.98. The van der Waals surface area contributed by atoms with E-state index < -0.39 is 24.3 Å². The van der Waals surface area contributed by atoms with E-state index in [0.717, 1.165) is 11.1 Å². The van der Waals surface area contributed by atoms with Crippen molar-refractivity contribution in [1.82, 2.24) is 35.1 Å². The minimum Gasteiger partial charge on any atom is -0.388 e. The van der Waals surface area contributed by atoms with Crippen LogP contribution in [0.25, 0.3) is 11.2 Å². The molecule has 0 unspecified atom stereocenters. The van der Waals surface area contributed by atoms with Gasteiger partial charge in [-0.3, -0.25) is 14.6 Å². The van der Waals surface area contributed by atoms with Gasteiger partial charge in [0.15, 0.2) is 17.0 Å². The summed E-state index contributed by atoms with van der Waals surface area (Å²) in [4.78, 5) is 45.8. The van der Waals surface area contributed by atoms with E-state index >= 15 is 0 Å². The zero-order valence-corrected chi connectivity index (χ0v) is 27.8. The first-order valence-corrected chi connectivity index (χ1v) is 17.1. The van der Waals surface area contributed by atoms with Crippen molar-refractivity contribution in [2.75, 3.05) is 29.9 Å². The highest BCUT2D eigenvalue weighted by Crippen LogP contribution is 2.35. The Balaban J connectivity index is 1.21. The molecule has 0 bridgehead atoms. The second kappa shape index (κ2) is 14.6. The molecule has 13 heteroatoms. The Labute approximate surface area is 289 Å². The SMILES string of the molecule is CCC(=O)N[C@H]1C[C@@H](n2cnc3c(NCC(c4ccccc4)c4ccccc4)nc(N4CC[C@@H](NC(=O)c5ccncc5)C4)nc32)[C@H](O)[C@@H]1O. The van der Waals surface area contributed by atoms with Crippen molar-refractivity contribution in [3.05, 3.63) is 108 Å². The Kier molecular flexibility index (Phi) is 9.67. The summed E-state index contributed by atoms with van der Waals surface area (Å²) < 4.78 is 1.78. The smallest absolute Gasteiger partial charge is 0.251 e. The average molecular weight is 676 g/mol. The molecule has 258 valence electrons. The monoisotopic (exact) mass is 675 g/mol. The molecule has 4 heterocycles. The Morgan fingerprint density at radius 3 is 2.30 bits per heavy atom. The number of imidazole rings is 1. The lowest BCUT2D eigenvalue weighted by Gasteiger charge is -2.22. The summed E-state index contributed by atoms with van der Waals surface area (Å²) in [5, 5.41) is 31.6. The summed E-state index contributed by atoms with van der Waals surface area (Å²) in [5.41, 5.74) is 3.87. The summed E-state index contributed by atoms with van der Waals surface area (Å²) in [6.07, 6.45) is 3.80. The van der Waals surface area contributed by atoms with Gasteiger partial charge in [-0.15, -0.1) is 0 Å². The maximum Gasteiger partial charge on any atom is 0.251 e. The Morgan fingerprint density at radius 1 is 0.920 bits per heavy atom. The molecule has 1 aliphatic carbocycles. The normalized spacial score (nSPS) is 21.8. The van der Waals surface area contributed by atoms with Crippen LogP contribution in [0.2, 0.25) is 0 Å². The zero-order valence-electron chi connectivity index (χ0n) is 27.8. The number of aliphatic hydroxyl groups excluding tert-OH is 2. The zero-order chi connectivity index (χ0) is 34.6. The molecule has 1 saturated carbocycles. The number of aromatic nitrogens is 5. The number of carbonyl (C=O) groups excluding carboxylic acids is 2. The Bertz CT molecular complexity index is 1890. The highest BCUT2D eigenvalue weighted by atomic mass is 16.3. The summed E-state index contributed by atoms with van der Waals surface area (Å²) in [6, 6.07) is 22.6. The van der Waals surface area contributed by atoms with Crippen LogP contribution in [0.1, 0.15) is 59.6 Å². The molecular weight excluding hydrogens is 634 g/mol. The van der Waals surface area contributed by atoms with Crippen molar-refractivity contribution in [3.63, 3.8) is 0 Å². The minimum absolute atomic E-state index is 0.0160. The molecule has 2 fully saturated rings. The molecule has 5 atom stereocenters. The second-order valence-corrected chi connectivity index (χ2v) is 12.9. The molecule has 7 rings (SSSR count). The van der Waals surface area contributed by atoms with E-state index in [2.05, 4.69) is 45.2 Å². The predicted molar refractivity (Wildman–Crippen MR) is 189 cm³/mol. The minimum atomic E-state index is -1.15. The average Bonchev–Trinajstić information content (AvgIpc) is 3.87. The maximum atomic E-state index is 12.9. The molecule has 0 spiro atoms. The van der Waals surface area contributed by atoms with Crippen LogP contribution in [0.15, 0.2) is 91.5 Å². The Hall–Kier alpha value is -5.40. The molecule has 2 aromatic carbocycles. The number of rotatable bonds is 11. The number of nitrogens with zero attached hydrogens (tertiary/aromatic N) is 6. The summed E-state index contributed by atoms with van der Waals surface area (Å²) in [7, 11) is 0. The van der Waals surface area contributed by atoms with E-state index in [9.17, 15) is 19.8 Å². The van der Waals surface area contributed by atoms with Crippen LogP contribution < -0.4 is 20.9 Å². The number of carbonyl (C=O) groups is 2. The lowest BCUT2D eigenvalue weighted by molar-refractivity contribution is -0.122. The van der Waals surface area contributed by atoms with Crippen LogP contribution in [0.3, 0.4) is 0 Å². The molecule has 1 aliphatic heterocycles. The first kappa shape index (κ1) is 33.1. The third kappa shape index (κ3) is 6.87. The van der Waals surface area contributed by atoms with Gasteiger partial charge in [-0.2, -0.15) is 9.97 Å². The third-order valence-electron chi connectivity index (χ3n) is 9.71. The molecule has 2 aliphatic rings. The maximum absolute atomic E-state index is 12.9. The number of amides is 2. The molecule has 13 nitrogen and oxygen atoms in total. The van der Waals surface area contributed by atoms with Crippen LogP contribution >= 0.6 is 0 Å². The van der Waals surface area contributed by atoms with Gasteiger partial charge in [0.1, 0.15) is 12.2 Å². The van der Waals surface area contributed by atoms with E-state index in [1.807, 2.05) is 41.3 Å². The van der Waals surface area contributed by atoms with Crippen LogP contribution in [-0.4, -0.2) is 90.5 Å². The standard InChI is InChI=1S/C37H41N9O4/c1-2-30(47)42-28-19-29(33(49)32(28)48)46-22-40-31-34(39-20-27(23-9-5-3-6-10-23)24-11-7-4-8-12-24)43-37(44-35(31)46)45-18-15-26(21-45)41-36(50)25-13-16-38-17-14-25/h3-14,16-17,22,26-29,32-33,48-49H,2,15,18-21H2,1H3,(H,41,50)(H,42,47)(H,39,43,44)/t26-,28+,29-,32-,33+/m1/s1. The van der Waals surface area contributed by atoms with Gasteiger partial charge < -0.3 is 35.6 Å². The summed E-state index contributed by atoms with van der Waals surface area (Å²) >= 11 is 0. The highest BCUT2D eigenvalue weighted by molar-refractivity contribution is 5.94. The molecule has 2 amide bonds. The van der Waals surface area contributed by atoms with Crippen molar-refractivity contribution in [2.24, 2.45) is 0 Å². The van der Waals surface area contributed by atoms with Crippen molar-refractivity contribution in [1.29, 1.82) is 0 Å². The quantitative estimate of drug-likeness (QED) is 0.140. The van der Waals surface area contributed by atoms with Crippen molar-refractivity contribution in [2.45, 2.75) is 62.4 Å². The summed E-state index contributed by atoms with van der Waals surface area (Å²) in [6.45, 7) is 3.39. The number of anilines is 2. The first-order chi connectivity index (χ1) is 24.4. The van der Waals surface area contributed by atoms with Gasteiger partial charge in [0.2, 0.25) is 11.9 Å². The molecule has 1 saturated heterocycles. The third-order valence-corrected chi connectivity index (χ3v) is 9.71. The topological polar surface area (TPSA) is 170 Å². The molecule has 0 radical (unpaired) electrons. The van der Waals surface area contributed by atoms with Gasteiger partial charge >= 0.3 is 0 Å². The van der Waals surface area contributed by atoms with Crippen molar-refractivity contribution < 1.29 is 19.8 Å². The lowest BCUT2D eigenvalue weighted by atomic mass is 9.91. The number of pyridine rings is 1. The van der Waals surface area contributed by atoms with Crippen molar-refractivity contribution in [3.8, 4) is 0 Å². The number of hydrogen-bond donors (Lipinski definition) is 5. The number of nitrogens with one attached hydrogen (secondary N) is 3. The van der Waals surface area contributed by atoms with Crippen LogP contribution in [0.4, 0.5) is 11.8 Å². The van der Waals surface area contributed by atoms with E-state index in [0.29, 0.717) is 61.0 Å². The number of aliphatic hydroxyl groups is 2. The molecule has 5 N–H and O–H groups in total. The largest absolute Gasteiger partial charge is 0.388 e. The number of fused-ring (bicyclic) bond motifs is 1. The van der Waals surface area contributed by atoms with E-state index in [-0.39, 0.29) is 30.2 Å². The second-order valence-electron chi connectivity index (χ2n) is 12.9. The van der Waals surface area contributed by atoms with E-state index in [4.69, 9.17) is 15.0 Å². The fraction of sp³-hybridized carbons (Fsp3) is 0.351.